The summed E-state index contributed by atoms with van der Waals surface area (Å²) in [6.45, 7) is 1.82. The molecule has 28 heavy (non-hydrogen) atoms. The van der Waals surface area contributed by atoms with Gasteiger partial charge < -0.3 is 14.5 Å². The van der Waals surface area contributed by atoms with Crippen LogP contribution in [0, 0.1) is 11.3 Å². The molecule has 1 aromatic carbocycles. The number of fused-ring (bicyclic) bond motifs is 2. The maximum absolute atomic E-state index is 9.64. The van der Waals surface area contributed by atoms with Gasteiger partial charge in [0, 0.05) is 18.3 Å². The van der Waals surface area contributed by atoms with E-state index >= 15 is 0 Å². The van der Waals surface area contributed by atoms with Gasteiger partial charge in [-0.2, -0.15) is 14.7 Å². The van der Waals surface area contributed by atoms with E-state index in [4.69, 9.17) is 9.15 Å². The second-order valence-electron chi connectivity index (χ2n) is 6.77. The van der Waals surface area contributed by atoms with Crippen LogP contribution in [0.1, 0.15) is 6.92 Å². The first kappa shape index (κ1) is 16.3. The molecule has 0 amide bonds. The lowest BCUT2D eigenvalue weighted by Gasteiger charge is -2.37. The highest BCUT2D eigenvalue weighted by Crippen LogP contribution is 2.37. The Labute approximate surface area is 161 Å². The molecule has 0 saturated carbocycles. The number of nitriles is 1. The normalized spacial score (nSPS) is 25.1. The largest absolute Gasteiger partial charge is 0.464 e. The number of benzene rings is 1. The summed E-state index contributed by atoms with van der Waals surface area (Å²) in [5.74, 6) is 1.86. The van der Waals surface area contributed by atoms with Crippen molar-refractivity contribution in [3.63, 3.8) is 0 Å². The van der Waals surface area contributed by atoms with E-state index in [2.05, 4.69) is 21.4 Å². The summed E-state index contributed by atoms with van der Waals surface area (Å²) < 4.78 is 11.6. The van der Waals surface area contributed by atoms with E-state index in [1.807, 2.05) is 49.7 Å². The van der Waals surface area contributed by atoms with Crippen molar-refractivity contribution in [3.8, 4) is 17.7 Å². The van der Waals surface area contributed by atoms with Crippen LogP contribution >= 0.6 is 0 Å². The zero-order valence-corrected chi connectivity index (χ0v) is 15.0. The van der Waals surface area contributed by atoms with Crippen LogP contribution in [-0.4, -0.2) is 16.4 Å². The molecule has 7 nitrogen and oxygen atoms in total. The van der Waals surface area contributed by atoms with Gasteiger partial charge in [0.15, 0.2) is 0 Å². The molecule has 136 valence electrons. The van der Waals surface area contributed by atoms with E-state index < -0.39 is 5.54 Å². The number of nitrogens with zero attached hydrogens (tertiary/aromatic N) is 4. The number of amidine groups is 1. The lowest BCUT2D eigenvalue weighted by atomic mass is 9.98. The summed E-state index contributed by atoms with van der Waals surface area (Å²) in [5.41, 5.74) is 0.798. The van der Waals surface area contributed by atoms with Crippen molar-refractivity contribution in [1.29, 1.82) is 5.26 Å². The SMILES string of the molecule is CC1(C#N)NC=C[N+]2(c3ccc(Oc4nccc5occc45)cc3)C=CN=C12. The molecule has 0 radical (unpaired) electrons. The minimum atomic E-state index is -0.881. The number of rotatable bonds is 3. The second kappa shape index (κ2) is 5.81. The fourth-order valence-electron chi connectivity index (χ4n) is 3.58. The van der Waals surface area contributed by atoms with Gasteiger partial charge in [0.2, 0.25) is 11.4 Å². The number of aliphatic imine (C=N–C) groups is 1. The summed E-state index contributed by atoms with van der Waals surface area (Å²) in [6, 6.07) is 13.6. The molecular weight excluding hydrogens is 354 g/mol. The van der Waals surface area contributed by atoms with Crippen molar-refractivity contribution in [2.75, 3.05) is 0 Å². The fraction of sp³-hybridized carbons (Fsp3) is 0.0952. The van der Waals surface area contributed by atoms with Crippen LogP contribution < -0.4 is 14.5 Å². The molecular formula is C21H16N5O2+. The highest BCUT2D eigenvalue weighted by Gasteiger charge is 2.51. The van der Waals surface area contributed by atoms with Crippen LogP contribution in [0.4, 0.5) is 5.69 Å². The smallest absolute Gasteiger partial charge is 0.258 e. The van der Waals surface area contributed by atoms with Gasteiger partial charge in [0.25, 0.3) is 5.84 Å². The third-order valence-electron chi connectivity index (χ3n) is 5.02. The maximum Gasteiger partial charge on any atom is 0.258 e. The van der Waals surface area contributed by atoms with Crippen molar-refractivity contribution in [3.05, 3.63) is 73.7 Å². The van der Waals surface area contributed by atoms with Crippen molar-refractivity contribution in [2.24, 2.45) is 4.99 Å². The molecule has 0 bridgehead atoms. The van der Waals surface area contributed by atoms with Gasteiger partial charge in [-0.1, -0.05) is 0 Å². The number of aromatic nitrogens is 1. The summed E-state index contributed by atoms with van der Waals surface area (Å²) in [4.78, 5) is 8.77. The average Bonchev–Trinajstić information content (AvgIpc) is 3.37. The molecule has 1 N–H and O–H groups in total. The maximum atomic E-state index is 9.64. The lowest BCUT2D eigenvalue weighted by Crippen LogP contribution is -2.62. The molecule has 3 aromatic rings. The molecule has 0 fully saturated rings. The van der Waals surface area contributed by atoms with Gasteiger partial charge in [0.05, 0.1) is 24.0 Å². The lowest BCUT2D eigenvalue weighted by molar-refractivity contribution is 0.468. The van der Waals surface area contributed by atoms with E-state index in [9.17, 15) is 5.26 Å². The minimum Gasteiger partial charge on any atom is -0.464 e. The van der Waals surface area contributed by atoms with Gasteiger partial charge in [-0.05, 0) is 31.2 Å². The second-order valence-corrected chi connectivity index (χ2v) is 6.77. The zero-order chi connectivity index (χ0) is 19.2. The summed E-state index contributed by atoms with van der Waals surface area (Å²) in [6.07, 6.45) is 10.7. The van der Waals surface area contributed by atoms with Gasteiger partial charge in [-0.25, -0.2) is 4.98 Å². The number of nitrogens with one attached hydrogen (secondary N) is 1. The molecule has 4 heterocycles. The number of pyridine rings is 1. The van der Waals surface area contributed by atoms with E-state index in [1.165, 1.54) is 0 Å². The summed E-state index contributed by atoms with van der Waals surface area (Å²) in [5, 5.41) is 13.6. The Balaban J connectivity index is 1.49. The number of quaternary nitrogens is 1. The van der Waals surface area contributed by atoms with Crippen LogP contribution in [0.5, 0.6) is 11.6 Å². The molecule has 0 aliphatic carbocycles. The topological polar surface area (TPSA) is 83.4 Å². The molecule has 2 atom stereocenters. The Morgan fingerprint density at radius 1 is 1.18 bits per heavy atom. The van der Waals surface area contributed by atoms with Crippen molar-refractivity contribution in [2.45, 2.75) is 12.5 Å². The van der Waals surface area contributed by atoms with Crippen LogP contribution in [0.15, 0.2) is 83.1 Å². The number of ether oxygens (including phenoxy) is 1. The monoisotopic (exact) mass is 370 g/mol. The Morgan fingerprint density at radius 3 is 2.86 bits per heavy atom. The van der Waals surface area contributed by atoms with Gasteiger partial charge in [-0.3, -0.25) is 0 Å². The Kier molecular flexibility index (Phi) is 3.38. The quantitative estimate of drug-likeness (QED) is 0.700. The predicted octanol–water partition coefficient (Wildman–Crippen LogP) is 4.17. The van der Waals surface area contributed by atoms with E-state index in [1.54, 1.807) is 30.9 Å². The summed E-state index contributed by atoms with van der Waals surface area (Å²) in [7, 11) is 0. The third-order valence-corrected chi connectivity index (χ3v) is 5.02. The molecule has 2 unspecified atom stereocenters. The molecule has 2 aromatic heterocycles. The van der Waals surface area contributed by atoms with Crippen molar-refractivity contribution in [1.82, 2.24) is 14.8 Å². The first-order valence-electron chi connectivity index (χ1n) is 8.77. The van der Waals surface area contributed by atoms with Crippen LogP contribution in [0.25, 0.3) is 11.0 Å². The van der Waals surface area contributed by atoms with Gasteiger partial charge in [-0.15, -0.1) is 0 Å². The summed E-state index contributed by atoms with van der Waals surface area (Å²) >= 11 is 0. The third kappa shape index (κ3) is 2.25. The standard InChI is InChI=1S/C21H16N5O2/c1-21(14-22)20-24-9-11-26(20,12-10-25-21)15-2-4-16(5-3-15)28-19-17-7-13-27-18(17)6-8-23-19/h2-13,25H,1H3/q+1. The first-order valence-corrected chi connectivity index (χ1v) is 8.77. The van der Waals surface area contributed by atoms with Crippen LogP contribution in [-0.2, 0) is 0 Å². The first-order chi connectivity index (χ1) is 13.6. The minimum absolute atomic E-state index is 0.271. The van der Waals surface area contributed by atoms with Crippen LogP contribution in [0.3, 0.4) is 0 Å². The number of hydrogen-bond donors (Lipinski definition) is 1. The van der Waals surface area contributed by atoms with E-state index in [-0.39, 0.29) is 4.48 Å². The van der Waals surface area contributed by atoms with E-state index in [0.717, 1.165) is 16.7 Å². The van der Waals surface area contributed by atoms with Crippen LogP contribution in [0.2, 0.25) is 0 Å². The van der Waals surface area contributed by atoms with Gasteiger partial charge in [0.1, 0.15) is 35.5 Å². The Hall–Kier alpha value is -3.89. The van der Waals surface area contributed by atoms with Gasteiger partial charge >= 0.3 is 0 Å². The van der Waals surface area contributed by atoms with E-state index in [0.29, 0.717) is 17.5 Å². The molecule has 2 aliphatic heterocycles. The predicted molar refractivity (Wildman–Crippen MR) is 105 cm³/mol. The van der Waals surface area contributed by atoms with Crippen molar-refractivity contribution < 1.29 is 9.15 Å². The molecule has 0 saturated heterocycles. The molecule has 2 aliphatic rings. The molecule has 0 spiro atoms. The molecule has 5 rings (SSSR count). The zero-order valence-electron chi connectivity index (χ0n) is 15.0. The fourth-order valence-corrected chi connectivity index (χ4v) is 3.58. The van der Waals surface area contributed by atoms with Crippen molar-refractivity contribution >= 4 is 22.5 Å². The highest BCUT2D eigenvalue weighted by atomic mass is 16.5. The number of hydrogen-bond acceptors (Lipinski definition) is 6. The molecule has 7 heteroatoms. The Morgan fingerprint density at radius 2 is 2.04 bits per heavy atom. The average molecular weight is 370 g/mol. The number of furan rings is 1. The Bertz CT molecular complexity index is 1200. The highest BCUT2D eigenvalue weighted by molar-refractivity contribution is 6.07.